The van der Waals surface area contributed by atoms with Crippen LogP contribution < -0.4 is 5.32 Å². The van der Waals surface area contributed by atoms with Crippen LogP contribution in [0.3, 0.4) is 0 Å². The molecule has 2 N–H and O–H groups in total. The van der Waals surface area contributed by atoms with E-state index in [0.29, 0.717) is 13.0 Å². The number of alkyl halides is 3. The van der Waals surface area contributed by atoms with Crippen LogP contribution in [0.2, 0.25) is 0 Å². The predicted molar refractivity (Wildman–Crippen MR) is 69.2 cm³/mol. The maximum Gasteiger partial charge on any atom is 0.405 e. The van der Waals surface area contributed by atoms with Gasteiger partial charge in [-0.05, 0) is 32.7 Å². The zero-order valence-corrected chi connectivity index (χ0v) is 11.7. The molecule has 0 aromatic carbocycles. The minimum absolute atomic E-state index is 0.0343. The van der Waals surface area contributed by atoms with E-state index < -0.39 is 24.7 Å². The second-order valence-electron chi connectivity index (χ2n) is 5.45. The third-order valence-electron chi connectivity index (χ3n) is 3.44. The molecule has 1 aliphatic rings. The first-order valence-electron chi connectivity index (χ1n) is 7.03. The molecule has 2 unspecified atom stereocenters. The van der Waals surface area contributed by atoms with E-state index in [2.05, 4.69) is 0 Å². The number of carbonyl (C=O) groups is 1. The molecule has 0 aromatic rings. The summed E-state index contributed by atoms with van der Waals surface area (Å²) in [5.74, 6) is -0.611. The molecule has 1 rings (SSSR count). The van der Waals surface area contributed by atoms with Gasteiger partial charge in [0.05, 0.1) is 12.6 Å². The lowest BCUT2D eigenvalue weighted by Crippen LogP contribution is -2.45. The van der Waals surface area contributed by atoms with Crippen molar-refractivity contribution in [3.63, 3.8) is 0 Å². The van der Waals surface area contributed by atoms with Crippen molar-refractivity contribution in [1.29, 1.82) is 0 Å². The number of rotatable bonds is 5. The summed E-state index contributed by atoms with van der Waals surface area (Å²) in [4.78, 5) is 13.5. The van der Waals surface area contributed by atoms with E-state index in [1.54, 1.807) is 6.92 Å². The van der Waals surface area contributed by atoms with E-state index in [-0.39, 0.29) is 12.6 Å². The van der Waals surface area contributed by atoms with Crippen LogP contribution in [-0.4, -0.2) is 53.9 Å². The normalized spacial score (nSPS) is 23.1. The number of hydrogen-bond acceptors (Lipinski definition) is 3. The highest BCUT2D eigenvalue weighted by molar-refractivity contribution is 5.78. The second-order valence-corrected chi connectivity index (χ2v) is 5.45. The van der Waals surface area contributed by atoms with Crippen molar-refractivity contribution in [2.75, 3.05) is 19.6 Å². The standard InChI is InChI=1S/C13H23F3N2O2/c1-10(19)7-11-5-3-2-4-6-18(11)8-12(20)17-9-13(14,15)16/h10-11,19H,2-9H2,1H3,(H,17,20). The minimum Gasteiger partial charge on any atom is -0.393 e. The van der Waals surface area contributed by atoms with Crippen molar-refractivity contribution in [2.45, 2.75) is 57.3 Å². The Balaban J connectivity index is 2.49. The first-order chi connectivity index (χ1) is 9.28. The third kappa shape index (κ3) is 7.09. The molecule has 0 aromatic heterocycles. The SMILES string of the molecule is CC(O)CC1CCCCCN1CC(=O)NCC(F)(F)F. The van der Waals surface area contributed by atoms with Gasteiger partial charge in [-0.3, -0.25) is 9.69 Å². The highest BCUT2D eigenvalue weighted by atomic mass is 19.4. The summed E-state index contributed by atoms with van der Waals surface area (Å²) in [6, 6.07) is 0.0640. The van der Waals surface area contributed by atoms with Crippen molar-refractivity contribution < 1.29 is 23.1 Å². The van der Waals surface area contributed by atoms with E-state index in [1.165, 1.54) is 0 Å². The average molecular weight is 296 g/mol. The largest absolute Gasteiger partial charge is 0.405 e. The highest BCUT2D eigenvalue weighted by Crippen LogP contribution is 2.20. The van der Waals surface area contributed by atoms with Crippen LogP contribution in [0, 0.1) is 0 Å². The monoisotopic (exact) mass is 296 g/mol. The molecule has 118 valence electrons. The van der Waals surface area contributed by atoms with E-state index in [4.69, 9.17) is 0 Å². The summed E-state index contributed by atoms with van der Waals surface area (Å²) in [7, 11) is 0. The van der Waals surface area contributed by atoms with Gasteiger partial charge in [-0.1, -0.05) is 12.8 Å². The van der Waals surface area contributed by atoms with Crippen LogP contribution in [0.15, 0.2) is 0 Å². The number of amides is 1. The summed E-state index contributed by atoms with van der Waals surface area (Å²) >= 11 is 0. The first kappa shape index (κ1) is 17.2. The Bertz CT molecular complexity index is 308. The molecule has 0 bridgehead atoms. The number of aliphatic hydroxyl groups is 1. The molecule has 1 aliphatic heterocycles. The average Bonchev–Trinajstić information content (AvgIpc) is 2.51. The minimum atomic E-state index is -4.38. The number of hydrogen-bond donors (Lipinski definition) is 2. The van der Waals surface area contributed by atoms with Gasteiger partial charge in [0.25, 0.3) is 0 Å². The molecule has 0 aliphatic carbocycles. The van der Waals surface area contributed by atoms with Gasteiger partial charge in [-0.2, -0.15) is 13.2 Å². The maximum atomic E-state index is 12.0. The number of carbonyl (C=O) groups excluding carboxylic acids is 1. The van der Waals surface area contributed by atoms with Crippen LogP contribution in [-0.2, 0) is 4.79 Å². The fourth-order valence-corrected chi connectivity index (χ4v) is 2.54. The van der Waals surface area contributed by atoms with E-state index in [9.17, 15) is 23.1 Å². The molecule has 7 heteroatoms. The highest BCUT2D eigenvalue weighted by Gasteiger charge is 2.29. The Kier molecular flexibility index (Phi) is 6.75. The summed E-state index contributed by atoms with van der Waals surface area (Å²) in [5.41, 5.74) is 0. The van der Waals surface area contributed by atoms with Gasteiger partial charge in [0.15, 0.2) is 0 Å². The molecule has 0 radical (unpaired) electrons. The molecule has 4 nitrogen and oxygen atoms in total. The van der Waals surface area contributed by atoms with E-state index in [0.717, 1.165) is 25.7 Å². The van der Waals surface area contributed by atoms with Crippen molar-refractivity contribution in [3.8, 4) is 0 Å². The Morgan fingerprint density at radius 3 is 2.70 bits per heavy atom. The quantitative estimate of drug-likeness (QED) is 0.811. The molecule has 1 amide bonds. The third-order valence-corrected chi connectivity index (χ3v) is 3.44. The van der Waals surface area contributed by atoms with E-state index >= 15 is 0 Å². The van der Waals surface area contributed by atoms with Gasteiger partial charge in [-0.25, -0.2) is 0 Å². The number of nitrogens with zero attached hydrogens (tertiary/aromatic N) is 1. The first-order valence-corrected chi connectivity index (χ1v) is 7.03. The summed E-state index contributed by atoms with van der Waals surface area (Å²) in [6.45, 7) is 1.05. The Hall–Kier alpha value is -0.820. The van der Waals surface area contributed by atoms with Crippen LogP contribution in [0.5, 0.6) is 0 Å². The molecule has 1 saturated heterocycles. The maximum absolute atomic E-state index is 12.0. The van der Waals surface area contributed by atoms with Gasteiger partial charge in [0, 0.05) is 6.04 Å². The molecule has 0 spiro atoms. The topological polar surface area (TPSA) is 52.6 Å². The lowest BCUT2D eigenvalue weighted by Gasteiger charge is -2.30. The summed E-state index contributed by atoms with van der Waals surface area (Å²) in [6.07, 6.45) is -0.422. The Labute approximate surface area is 117 Å². The zero-order chi connectivity index (χ0) is 15.2. The van der Waals surface area contributed by atoms with Gasteiger partial charge < -0.3 is 10.4 Å². The molecular weight excluding hydrogens is 273 g/mol. The Morgan fingerprint density at radius 1 is 1.40 bits per heavy atom. The van der Waals surface area contributed by atoms with Gasteiger partial charge in [0.1, 0.15) is 6.54 Å². The summed E-state index contributed by atoms with van der Waals surface area (Å²) in [5, 5.41) is 11.4. The van der Waals surface area contributed by atoms with Gasteiger partial charge in [-0.15, -0.1) is 0 Å². The molecule has 2 atom stereocenters. The van der Waals surface area contributed by atoms with Crippen molar-refractivity contribution >= 4 is 5.91 Å². The lowest BCUT2D eigenvalue weighted by atomic mass is 10.0. The number of likely N-dealkylation sites (tertiary alicyclic amines) is 1. The fourth-order valence-electron chi connectivity index (χ4n) is 2.54. The fraction of sp³-hybridized carbons (Fsp3) is 0.923. The summed E-state index contributed by atoms with van der Waals surface area (Å²) < 4.78 is 36.1. The smallest absolute Gasteiger partial charge is 0.393 e. The molecular formula is C13H23F3N2O2. The van der Waals surface area contributed by atoms with Crippen molar-refractivity contribution in [2.24, 2.45) is 0 Å². The lowest BCUT2D eigenvalue weighted by molar-refractivity contribution is -0.139. The van der Waals surface area contributed by atoms with Crippen molar-refractivity contribution in [1.82, 2.24) is 10.2 Å². The molecule has 1 fully saturated rings. The zero-order valence-electron chi connectivity index (χ0n) is 11.7. The van der Waals surface area contributed by atoms with Crippen molar-refractivity contribution in [3.05, 3.63) is 0 Å². The number of nitrogens with one attached hydrogen (secondary N) is 1. The Morgan fingerprint density at radius 2 is 2.10 bits per heavy atom. The molecule has 1 heterocycles. The van der Waals surface area contributed by atoms with Crippen LogP contribution in [0.1, 0.15) is 39.0 Å². The van der Waals surface area contributed by atoms with Crippen LogP contribution in [0.4, 0.5) is 13.2 Å². The van der Waals surface area contributed by atoms with Crippen LogP contribution >= 0.6 is 0 Å². The number of halogens is 3. The van der Waals surface area contributed by atoms with Gasteiger partial charge >= 0.3 is 6.18 Å². The number of aliphatic hydroxyl groups excluding tert-OH is 1. The molecule has 0 saturated carbocycles. The van der Waals surface area contributed by atoms with E-state index in [1.807, 2.05) is 10.2 Å². The van der Waals surface area contributed by atoms with Crippen LogP contribution in [0.25, 0.3) is 0 Å². The second kappa shape index (κ2) is 7.83. The molecule has 20 heavy (non-hydrogen) atoms. The predicted octanol–water partition coefficient (Wildman–Crippen LogP) is 1.68. The van der Waals surface area contributed by atoms with Gasteiger partial charge in [0.2, 0.25) is 5.91 Å².